The fourth-order valence-corrected chi connectivity index (χ4v) is 4.39. The lowest BCUT2D eigenvalue weighted by Crippen LogP contribution is -2.52. The molecule has 0 spiro atoms. The first kappa shape index (κ1) is 20.3. The molecule has 0 aromatic heterocycles. The average Bonchev–Trinajstić information content (AvgIpc) is 3.14. The van der Waals surface area contributed by atoms with E-state index in [4.69, 9.17) is 4.74 Å². The normalized spacial score (nSPS) is 24.3. The van der Waals surface area contributed by atoms with E-state index in [9.17, 15) is 13.2 Å². The fourth-order valence-electron chi connectivity index (χ4n) is 3.92. The van der Waals surface area contributed by atoms with Gasteiger partial charge < -0.3 is 14.5 Å². The van der Waals surface area contributed by atoms with Gasteiger partial charge in [0.15, 0.2) is 0 Å². The van der Waals surface area contributed by atoms with E-state index < -0.39 is 10.0 Å². The van der Waals surface area contributed by atoms with Crippen LogP contribution in [0, 0.1) is 0 Å². The first-order valence-corrected chi connectivity index (χ1v) is 11.5. The molecule has 0 unspecified atom stereocenters. The Kier molecular flexibility index (Phi) is 6.86. The van der Waals surface area contributed by atoms with Crippen LogP contribution in [0.1, 0.15) is 30.9 Å². The predicted molar refractivity (Wildman–Crippen MR) is 104 cm³/mol. The third-order valence-electron chi connectivity index (χ3n) is 5.15. The Morgan fingerprint density at radius 1 is 1.19 bits per heavy atom. The Morgan fingerprint density at radius 3 is 2.56 bits per heavy atom. The molecule has 0 aliphatic carbocycles. The van der Waals surface area contributed by atoms with E-state index in [1.54, 1.807) is 0 Å². The first-order valence-electron chi connectivity index (χ1n) is 9.57. The van der Waals surface area contributed by atoms with Gasteiger partial charge in [-0.2, -0.15) is 0 Å². The van der Waals surface area contributed by atoms with Gasteiger partial charge in [-0.1, -0.05) is 30.3 Å². The van der Waals surface area contributed by atoms with Crippen LogP contribution in [-0.2, 0) is 19.6 Å². The third-order valence-corrected chi connectivity index (χ3v) is 5.88. The van der Waals surface area contributed by atoms with E-state index >= 15 is 0 Å². The van der Waals surface area contributed by atoms with Crippen molar-refractivity contribution in [3.63, 3.8) is 0 Å². The second-order valence-electron chi connectivity index (χ2n) is 7.28. The van der Waals surface area contributed by atoms with Crippen LogP contribution in [0.4, 0.5) is 0 Å². The summed E-state index contributed by atoms with van der Waals surface area (Å²) in [6.07, 6.45) is 3.59. The minimum absolute atomic E-state index is 0.0466. The molecular formula is C19H29N3O4S. The Hall–Kier alpha value is -1.48. The summed E-state index contributed by atoms with van der Waals surface area (Å²) in [5.74, 6) is -0.0466. The van der Waals surface area contributed by atoms with Crippen LogP contribution in [0.5, 0.6) is 0 Å². The molecule has 0 bridgehead atoms. The number of morpholine rings is 1. The monoisotopic (exact) mass is 395 g/mol. The van der Waals surface area contributed by atoms with Gasteiger partial charge in [-0.05, 0) is 31.5 Å². The highest BCUT2D eigenvalue weighted by molar-refractivity contribution is 7.88. The number of amides is 1. The van der Waals surface area contributed by atoms with Crippen molar-refractivity contribution in [3.8, 4) is 0 Å². The molecule has 150 valence electrons. The number of nitrogens with zero attached hydrogens (tertiary/aromatic N) is 2. The molecule has 27 heavy (non-hydrogen) atoms. The number of sulfonamides is 1. The quantitative estimate of drug-likeness (QED) is 0.745. The Labute approximate surface area is 161 Å². The van der Waals surface area contributed by atoms with Crippen molar-refractivity contribution in [1.29, 1.82) is 0 Å². The smallest absolute Gasteiger partial charge is 0.224 e. The van der Waals surface area contributed by atoms with Crippen LogP contribution in [0.2, 0.25) is 0 Å². The van der Waals surface area contributed by atoms with Crippen LogP contribution in [0.15, 0.2) is 30.3 Å². The zero-order chi connectivity index (χ0) is 19.3. The molecule has 0 radical (unpaired) electrons. The van der Waals surface area contributed by atoms with Gasteiger partial charge in [0.05, 0.1) is 25.0 Å². The van der Waals surface area contributed by atoms with Crippen LogP contribution < -0.4 is 4.72 Å². The molecule has 1 amide bonds. The summed E-state index contributed by atoms with van der Waals surface area (Å²) < 4.78 is 31.0. The van der Waals surface area contributed by atoms with Gasteiger partial charge in [0, 0.05) is 26.1 Å². The van der Waals surface area contributed by atoms with Crippen molar-refractivity contribution < 1.29 is 17.9 Å². The molecule has 2 atom stereocenters. The predicted octanol–water partition coefficient (Wildman–Crippen LogP) is 0.990. The number of carbonyl (C=O) groups is 1. The Balaban J connectivity index is 1.74. The highest BCUT2D eigenvalue weighted by Crippen LogP contribution is 2.31. The van der Waals surface area contributed by atoms with Crippen molar-refractivity contribution in [2.45, 2.75) is 31.4 Å². The molecule has 3 rings (SSSR count). The van der Waals surface area contributed by atoms with Gasteiger partial charge >= 0.3 is 0 Å². The maximum Gasteiger partial charge on any atom is 0.224 e. The summed E-state index contributed by atoms with van der Waals surface area (Å²) in [7, 11) is -3.29. The molecule has 1 aromatic carbocycles. The molecule has 8 heteroatoms. The van der Waals surface area contributed by atoms with E-state index in [1.165, 1.54) is 12.8 Å². The van der Waals surface area contributed by atoms with Gasteiger partial charge in [-0.25, -0.2) is 13.1 Å². The maximum atomic E-state index is 12.9. The average molecular weight is 396 g/mol. The molecule has 2 aliphatic heterocycles. The minimum Gasteiger partial charge on any atom is -0.373 e. The lowest BCUT2D eigenvalue weighted by Gasteiger charge is -2.43. The van der Waals surface area contributed by atoms with Crippen molar-refractivity contribution in [1.82, 2.24) is 14.5 Å². The molecular weight excluding hydrogens is 366 g/mol. The second kappa shape index (κ2) is 9.14. The van der Waals surface area contributed by atoms with Gasteiger partial charge in [0.1, 0.15) is 0 Å². The Bertz CT molecular complexity index is 720. The molecule has 7 nitrogen and oxygen atoms in total. The maximum absolute atomic E-state index is 12.9. The zero-order valence-corrected chi connectivity index (χ0v) is 16.7. The molecule has 1 aromatic rings. The van der Waals surface area contributed by atoms with E-state index in [-0.39, 0.29) is 31.0 Å². The highest BCUT2D eigenvalue weighted by atomic mass is 32.2. The number of carbonyl (C=O) groups excluding carboxylic acids is 1. The van der Waals surface area contributed by atoms with Crippen LogP contribution in [0.3, 0.4) is 0 Å². The van der Waals surface area contributed by atoms with Crippen molar-refractivity contribution in [3.05, 3.63) is 35.9 Å². The van der Waals surface area contributed by atoms with Crippen molar-refractivity contribution in [2.24, 2.45) is 0 Å². The largest absolute Gasteiger partial charge is 0.373 e. The highest BCUT2D eigenvalue weighted by Gasteiger charge is 2.37. The van der Waals surface area contributed by atoms with E-state index in [0.717, 1.165) is 31.5 Å². The molecule has 2 saturated heterocycles. The van der Waals surface area contributed by atoms with Crippen LogP contribution >= 0.6 is 0 Å². The standard InChI is InChI=1S/C19H29N3O4S/c1-27(24,25)20-10-9-18(23)22-13-14-26-17(15-21-11-5-6-12-21)19(22)16-7-3-2-4-8-16/h2-4,7-8,17,19-20H,5-6,9-15H2,1H3/t17-,19-/m0/s1. The summed E-state index contributed by atoms with van der Waals surface area (Å²) in [5.41, 5.74) is 1.06. The van der Waals surface area contributed by atoms with Crippen LogP contribution in [0.25, 0.3) is 0 Å². The minimum atomic E-state index is -3.29. The summed E-state index contributed by atoms with van der Waals surface area (Å²) in [6.45, 7) is 4.11. The van der Waals surface area contributed by atoms with Gasteiger partial charge in [0.25, 0.3) is 0 Å². The lowest BCUT2D eigenvalue weighted by atomic mass is 9.97. The number of rotatable bonds is 7. The third kappa shape index (κ3) is 5.75. The number of hydrogen-bond acceptors (Lipinski definition) is 5. The van der Waals surface area contributed by atoms with Crippen LogP contribution in [-0.4, -0.2) is 75.8 Å². The van der Waals surface area contributed by atoms with Gasteiger partial charge in [-0.15, -0.1) is 0 Å². The molecule has 1 N–H and O–H groups in total. The van der Waals surface area contributed by atoms with Crippen molar-refractivity contribution in [2.75, 3.05) is 45.6 Å². The van der Waals surface area contributed by atoms with Gasteiger partial charge in [-0.3, -0.25) is 4.79 Å². The number of nitrogens with one attached hydrogen (secondary N) is 1. The summed E-state index contributed by atoms with van der Waals surface area (Å²) in [4.78, 5) is 17.1. The molecule has 2 heterocycles. The molecule has 2 fully saturated rings. The topological polar surface area (TPSA) is 79.0 Å². The van der Waals surface area contributed by atoms with E-state index in [1.807, 2.05) is 35.2 Å². The van der Waals surface area contributed by atoms with Gasteiger partial charge in [0.2, 0.25) is 15.9 Å². The van der Waals surface area contributed by atoms with Crippen molar-refractivity contribution >= 4 is 15.9 Å². The summed E-state index contributed by atoms with van der Waals surface area (Å²) in [5, 5.41) is 0. The summed E-state index contributed by atoms with van der Waals surface area (Å²) >= 11 is 0. The van der Waals surface area contributed by atoms with E-state index in [0.29, 0.717) is 13.2 Å². The number of likely N-dealkylation sites (tertiary alicyclic amines) is 1. The number of hydrogen-bond donors (Lipinski definition) is 1. The zero-order valence-electron chi connectivity index (χ0n) is 15.8. The summed E-state index contributed by atoms with van der Waals surface area (Å²) in [6, 6.07) is 9.84. The fraction of sp³-hybridized carbons (Fsp3) is 0.632. The SMILES string of the molecule is CS(=O)(=O)NCCC(=O)N1CCO[C@@H](CN2CCCC2)[C@@H]1c1ccccc1. The molecule has 2 aliphatic rings. The molecule has 0 saturated carbocycles. The number of ether oxygens (including phenoxy) is 1. The first-order chi connectivity index (χ1) is 12.9. The Morgan fingerprint density at radius 2 is 1.89 bits per heavy atom. The number of benzene rings is 1. The van der Waals surface area contributed by atoms with E-state index in [2.05, 4.69) is 9.62 Å². The lowest BCUT2D eigenvalue weighted by molar-refractivity contribution is -0.148. The second-order valence-corrected chi connectivity index (χ2v) is 9.11.